The molecule has 140 valence electrons. The van der Waals surface area contributed by atoms with Gasteiger partial charge >= 0.3 is 0 Å². The van der Waals surface area contributed by atoms with Crippen molar-refractivity contribution in [2.24, 2.45) is 0 Å². The van der Waals surface area contributed by atoms with Gasteiger partial charge in [-0.25, -0.2) is 8.42 Å². The molecule has 0 aliphatic carbocycles. The van der Waals surface area contributed by atoms with E-state index in [9.17, 15) is 13.2 Å². The lowest BCUT2D eigenvalue weighted by Gasteiger charge is -2.25. The Morgan fingerprint density at radius 2 is 2.19 bits per heavy atom. The molecule has 8 heteroatoms. The number of thiophene rings is 1. The van der Waals surface area contributed by atoms with Gasteiger partial charge < -0.3 is 9.64 Å². The van der Waals surface area contributed by atoms with Gasteiger partial charge in [0.15, 0.2) is 9.84 Å². The maximum absolute atomic E-state index is 13.1. The molecule has 0 radical (unpaired) electrons. The minimum atomic E-state index is -3.51. The van der Waals surface area contributed by atoms with E-state index in [4.69, 9.17) is 16.3 Å². The van der Waals surface area contributed by atoms with Crippen molar-refractivity contribution in [3.63, 3.8) is 0 Å². The summed E-state index contributed by atoms with van der Waals surface area (Å²) >= 11 is 7.58. The molecule has 1 atom stereocenters. The summed E-state index contributed by atoms with van der Waals surface area (Å²) in [6.45, 7) is 1.66. The van der Waals surface area contributed by atoms with Gasteiger partial charge in [0.25, 0.3) is 5.91 Å². The molecule has 26 heavy (non-hydrogen) atoms. The third kappa shape index (κ3) is 4.65. The van der Waals surface area contributed by atoms with Crippen molar-refractivity contribution in [3.8, 4) is 0 Å². The molecule has 1 aliphatic rings. The number of hydrogen-bond donors (Lipinski definition) is 0. The average Bonchev–Trinajstić information content (AvgIpc) is 3.27. The molecule has 1 saturated heterocycles. The molecule has 2 aromatic rings. The van der Waals surface area contributed by atoms with Gasteiger partial charge in [0.2, 0.25) is 0 Å². The van der Waals surface area contributed by atoms with Crippen molar-refractivity contribution in [1.29, 1.82) is 0 Å². The third-order valence-electron chi connectivity index (χ3n) is 4.24. The first-order valence-electron chi connectivity index (χ1n) is 8.27. The minimum absolute atomic E-state index is 0.0144. The van der Waals surface area contributed by atoms with Crippen LogP contribution < -0.4 is 0 Å². The predicted octanol–water partition coefficient (Wildman–Crippen LogP) is 3.63. The lowest BCUT2D eigenvalue weighted by molar-refractivity contribution is 0.0509. The highest BCUT2D eigenvalue weighted by atomic mass is 35.5. The highest BCUT2D eigenvalue weighted by Crippen LogP contribution is 2.25. The zero-order chi connectivity index (χ0) is 18.7. The zero-order valence-electron chi connectivity index (χ0n) is 14.4. The van der Waals surface area contributed by atoms with E-state index in [0.29, 0.717) is 25.3 Å². The molecule has 0 bridgehead atoms. The van der Waals surface area contributed by atoms with Crippen LogP contribution in [-0.2, 0) is 21.1 Å². The minimum Gasteiger partial charge on any atom is -0.376 e. The van der Waals surface area contributed by atoms with E-state index in [1.165, 1.54) is 12.1 Å². The normalized spacial score (nSPS) is 17.4. The Morgan fingerprint density at radius 3 is 2.81 bits per heavy atom. The SMILES string of the molecule is CS(=O)(=O)c1cc(C(=O)N(Cc2cccs2)CC2CCCO2)ccc1Cl. The molecule has 0 N–H and O–H groups in total. The Hall–Kier alpha value is -1.41. The third-order valence-corrected chi connectivity index (χ3v) is 6.68. The second-order valence-electron chi connectivity index (χ2n) is 6.32. The Kier molecular flexibility index (Phi) is 6.02. The van der Waals surface area contributed by atoms with E-state index < -0.39 is 9.84 Å². The molecule has 0 spiro atoms. The summed E-state index contributed by atoms with van der Waals surface area (Å²) in [4.78, 5) is 15.8. The molecule has 1 aromatic carbocycles. The van der Waals surface area contributed by atoms with Crippen LogP contribution in [0, 0.1) is 0 Å². The van der Waals surface area contributed by atoms with Crippen LogP contribution in [0.2, 0.25) is 5.02 Å². The summed E-state index contributed by atoms with van der Waals surface area (Å²) < 4.78 is 29.5. The lowest BCUT2D eigenvalue weighted by atomic mass is 10.1. The quantitative estimate of drug-likeness (QED) is 0.725. The monoisotopic (exact) mass is 413 g/mol. The van der Waals surface area contributed by atoms with Gasteiger partial charge in [-0.3, -0.25) is 4.79 Å². The van der Waals surface area contributed by atoms with Crippen LogP contribution in [0.25, 0.3) is 0 Å². The zero-order valence-corrected chi connectivity index (χ0v) is 16.7. The van der Waals surface area contributed by atoms with Crippen molar-refractivity contribution in [2.75, 3.05) is 19.4 Å². The largest absolute Gasteiger partial charge is 0.376 e. The molecule has 1 aromatic heterocycles. The molecular formula is C18H20ClNO4S2. The Morgan fingerprint density at radius 1 is 1.38 bits per heavy atom. The molecule has 3 rings (SSSR count). The second-order valence-corrected chi connectivity index (χ2v) is 9.74. The van der Waals surface area contributed by atoms with E-state index >= 15 is 0 Å². The van der Waals surface area contributed by atoms with Gasteiger partial charge in [0.1, 0.15) is 0 Å². The first kappa shape index (κ1) is 19.4. The number of carbonyl (C=O) groups excluding carboxylic acids is 1. The van der Waals surface area contributed by atoms with E-state index in [-0.39, 0.29) is 21.9 Å². The number of sulfone groups is 1. The highest BCUT2D eigenvalue weighted by molar-refractivity contribution is 7.90. The summed E-state index contributed by atoms with van der Waals surface area (Å²) in [5.74, 6) is -0.226. The second kappa shape index (κ2) is 8.08. The maximum Gasteiger partial charge on any atom is 0.254 e. The number of nitrogens with zero attached hydrogens (tertiary/aromatic N) is 1. The van der Waals surface area contributed by atoms with Crippen molar-refractivity contribution in [3.05, 3.63) is 51.2 Å². The fourth-order valence-corrected chi connectivity index (χ4v) is 4.97. The van der Waals surface area contributed by atoms with Crippen LogP contribution >= 0.6 is 22.9 Å². The Bertz CT molecular complexity index is 875. The fourth-order valence-electron chi connectivity index (χ4n) is 2.95. The van der Waals surface area contributed by atoms with Crippen LogP contribution in [0.3, 0.4) is 0 Å². The molecular weight excluding hydrogens is 394 g/mol. The number of benzene rings is 1. The Balaban J connectivity index is 1.88. The summed E-state index contributed by atoms with van der Waals surface area (Å²) in [7, 11) is -3.51. The van der Waals surface area contributed by atoms with Gasteiger partial charge in [-0.15, -0.1) is 11.3 Å². The molecule has 1 unspecified atom stereocenters. The number of carbonyl (C=O) groups is 1. The number of rotatable bonds is 6. The van der Waals surface area contributed by atoms with Crippen LogP contribution in [0.15, 0.2) is 40.6 Å². The smallest absolute Gasteiger partial charge is 0.254 e. The van der Waals surface area contributed by atoms with Gasteiger partial charge in [-0.2, -0.15) is 0 Å². The van der Waals surface area contributed by atoms with Crippen LogP contribution in [0.5, 0.6) is 0 Å². The molecule has 5 nitrogen and oxygen atoms in total. The number of amides is 1. The van der Waals surface area contributed by atoms with E-state index in [2.05, 4.69) is 0 Å². The molecule has 0 saturated carbocycles. The van der Waals surface area contributed by atoms with Crippen molar-refractivity contribution >= 4 is 38.7 Å². The van der Waals surface area contributed by atoms with E-state index in [0.717, 1.165) is 24.0 Å². The van der Waals surface area contributed by atoms with Crippen LogP contribution in [-0.4, -0.2) is 44.7 Å². The number of halogens is 1. The first-order valence-corrected chi connectivity index (χ1v) is 11.4. The summed E-state index contributed by atoms with van der Waals surface area (Å²) in [5.41, 5.74) is 0.310. The summed E-state index contributed by atoms with van der Waals surface area (Å²) in [5, 5.41) is 2.08. The molecule has 1 aliphatic heterocycles. The predicted molar refractivity (Wildman–Crippen MR) is 103 cm³/mol. The van der Waals surface area contributed by atoms with E-state index in [1.54, 1.807) is 22.3 Å². The van der Waals surface area contributed by atoms with Gasteiger partial charge in [0, 0.05) is 29.8 Å². The highest BCUT2D eigenvalue weighted by Gasteiger charge is 2.25. The van der Waals surface area contributed by atoms with Crippen molar-refractivity contribution in [1.82, 2.24) is 4.90 Å². The average molecular weight is 414 g/mol. The summed E-state index contributed by atoms with van der Waals surface area (Å²) in [6, 6.07) is 8.30. The molecule has 1 amide bonds. The van der Waals surface area contributed by atoms with Gasteiger partial charge in [-0.05, 0) is 42.5 Å². The fraction of sp³-hybridized carbons (Fsp3) is 0.389. The first-order chi connectivity index (χ1) is 12.3. The Labute approximate surface area is 162 Å². The van der Waals surface area contributed by atoms with Crippen LogP contribution in [0.4, 0.5) is 0 Å². The molecule has 1 fully saturated rings. The topological polar surface area (TPSA) is 63.7 Å². The summed E-state index contributed by atoms with van der Waals surface area (Å²) in [6.07, 6.45) is 3.01. The van der Waals surface area contributed by atoms with Crippen molar-refractivity contribution in [2.45, 2.75) is 30.4 Å². The van der Waals surface area contributed by atoms with Gasteiger partial charge in [-0.1, -0.05) is 17.7 Å². The van der Waals surface area contributed by atoms with Crippen LogP contribution in [0.1, 0.15) is 28.1 Å². The van der Waals surface area contributed by atoms with Gasteiger partial charge in [0.05, 0.1) is 22.6 Å². The lowest BCUT2D eigenvalue weighted by Crippen LogP contribution is -2.36. The van der Waals surface area contributed by atoms with Crippen molar-refractivity contribution < 1.29 is 17.9 Å². The maximum atomic E-state index is 13.1. The number of ether oxygens (including phenoxy) is 1. The number of hydrogen-bond acceptors (Lipinski definition) is 5. The van der Waals surface area contributed by atoms with E-state index in [1.807, 2.05) is 17.5 Å². The standard InChI is InChI=1S/C18H20ClNO4S2/c1-26(22,23)17-10-13(6-7-16(17)19)18(21)20(11-14-4-2-8-24-14)12-15-5-3-9-25-15/h3,5-7,9-10,14H,2,4,8,11-12H2,1H3. The molecule has 2 heterocycles.